The molecule has 0 unspecified atom stereocenters. The first-order valence-corrected chi connectivity index (χ1v) is 7.83. The molecule has 0 fully saturated rings. The van der Waals surface area contributed by atoms with Crippen LogP contribution in [0.5, 0.6) is 0 Å². The van der Waals surface area contributed by atoms with Gasteiger partial charge in [-0.3, -0.25) is 0 Å². The molecule has 0 rings (SSSR count). The van der Waals surface area contributed by atoms with E-state index in [0.29, 0.717) is 0 Å². The lowest BCUT2D eigenvalue weighted by molar-refractivity contribution is 0.802. The van der Waals surface area contributed by atoms with Crippen LogP contribution in [0.3, 0.4) is 0 Å². The first kappa shape index (κ1) is 12.2. The Kier molecular flexibility index (Phi) is 4.53. The zero-order chi connectivity index (χ0) is 9.94. The Labute approximate surface area is 79.8 Å². The normalized spacial score (nSPS) is 13.5. The fourth-order valence-corrected chi connectivity index (χ4v) is 9.67. The van der Waals surface area contributed by atoms with Crippen molar-refractivity contribution in [3.05, 3.63) is 0 Å². The zero-order valence-corrected chi connectivity index (χ0v) is 10.9. The number of hydrogen-bond acceptors (Lipinski definition) is 0. The van der Waals surface area contributed by atoms with Crippen LogP contribution in [0.1, 0.15) is 48.5 Å². The summed E-state index contributed by atoms with van der Waals surface area (Å²) in [4.78, 5) is 0. The van der Waals surface area contributed by atoms with Gasteiger partial charge in [0.15, 0.2) is 0 Å². The fourth-order valence-electron chi connectivity index (χ4n) is 3.22. The van der Waals surface area contributed by atoms with Crippen molar-refractivity contribution in [2.45, 2.75) is 71.1 Å². The monoisotopic (exact) mass is 186 g/mol. The zero-order valence-electron chi connectivity index (χ0n) is 9.94. The van der Waals surface area contributed by atoms with Crippen molar-refractivity contribution in [3.63, 3.8) is 0 Å². The summed E-state index contributed by atoms with van der Waals surface area (Å²) in [7, 11) is -1.00. The van der Waals surface area contributed by atoms with Crippen LogP contribution in [-0.4, -0.2) is 8.07 Å². The Morgan fingerprint density at radius 2 is 1.00 bits per heavy atom. The van der Waals surface area contributed by atoms with E-state index in [1.54, 1.807) is 0 Å². The molecule has 74 valence electrons. The Bertz CT molecular complexity index is 103. The molecule has 0 aliphatic carbocycles. The Morgan fingerprint density at radius 3 is 1.00 bits per heavy atom. The summed E-state index contributed by atoms with van der Waals surface area (Å²) >= 11 is 0. The van der Waals surface area contributed by atoms with E-state index >= 15 is 0 Å². The van der Waals surface area contributed by atoms with Gasteiger partial charge in [0.25, 0.3) is 0 Å². The maximum absolute atomic E-state index is 2.43. The second-order valence-corrected chi connectivity index (χ2v) is 11.3. The average Bonchev–Trinajstić information content (AvgIpc) is 1.86. The lowest BCUT2D eigenvalue weighted by Crippen LogP contribution is -2.43. The first-order valence-electron chi connectivity index (χ1n) is 5.39. The maximum Gasteiger partial charge on any atom is 0.0610 e. The lowest BCUT2D eigenvalue weighted by atomic mass is 10.5. The summed E-state index contributed by atoms with van der Waals surface area (Å²) in [5.41, 5.74) is 2.80. The van der Waals surface area contributed by atoms with Gasteiger partial charge in [-0.25, -0.2) is 0 Å². The van der Waals surface area contributed by atoms with Gasteiger partial charge in [-0.15, -0.1) is 0 Å². The van der Waals surface area contributed by atoms with Crippen LogP contribution >= 0.6 is 0 Å². The predicted octanol–water partition coefficient (Wildman–Crippen LogP) is 4.69. The van der Waals surface area contributed by atoms with Crippen molar-refractivity contribution < 1.29 is 0 Å². The van der Waals surface area contributed by atoms with Crippen molar-refractivity contribution in [2.24, 2.45) is 0 Å². The summed E-state index contributed by atoms with van der Waals surface area (Å²) in [6.45, 7) is 17.0. The molecule has 0 aromatic carbocycles. The van der Waals surface area contributed by atoms with Crippen LogP contribution in [0.2, 0.25) is 22.7 Å². The highest BCUT2D eigenvalue weighted by Gasteiger charge is 2.40. The Hall–Kier alpha value is 0.217. The predicted molar refractivity (Wildman–Crippen MR) is 61.5 cm³/mol. The Balaban J connectivity index is 4.77. The molecular weight excluding hydrogens is 160 g/mol. The number of rotatable bonds is 4. The van der Waals surface area contributed by atoms with Crippen molar-refractivity contribution in [1.29, 1.82) is 0 Å². The minimum atomic E-state index is -1.00. The molecule has 0 radical (unpaired) electrons. The first-order chi connectivity index (χ1) is 5.39. The molecule has 0 nitrogen and oxygen atoms in total. The van der Waals surface area contributed by atoms with E-state index in [-0.39, 0.29) is 0 Å². The molecule has 0 bridgehead atoms. The maximum atomic E-state index is 2.43. The molecule has 0 atom stereocenters. The lowest BCUT2D eigenvalue weighted by Gasteiger charge is -2.42. The third-order valence-corrected chi connectivity index (χ3v) is 11.5. The molecule has 0 N–H and O–H groups in total. The molecule has 0 aliphatic heterocycles. The third kappa shape index (κ3) is 1.93. The highest BCUT2D eigenvalue weighted by atomic mass is 28.3. The van der Waals surface area contributed by atoms with Crippen LogP contribution < -0.4 is 0 Å². The highest BCUT2D eigenvalue weighted by molar-refractivity contribution is 6.83. The van der Waals surface area contributed by atoms with Crippen LogP contribution in [-0.2, 0) is 0 Å². The summed E-state index contributed by atoms with van der Waals surface area (Å²) < 4.78 is 0. The van der Waals surface area contributed by atoms with Crippen LogP contribution in [0, 0.1) is 0 Å². The summed E-state index contributed by atoms with van der Waals surface area (Å²) in [5, 5.41) is 0. The third-order valence-electron chi connectivity index (χ3n) is 3.84. The minimum Gasteiger partial charge on any atom is -0.0677 e. The van der Waals surface area contributed by atoms with Crippen molar-refractivity contribution >= 4 is 8.07 Å². The van der Waals surface area contributed by atoms with E-state index in [9.17, 15) is 0 Å². The van der Waals surface area contributed by atoms with Gasteiger partial charge in [-0.05, 0) is 0 Å². The molecule has 1 heteroatoms. The SMILES string of the molecule is CC[Si](C(C)C)(C(C)C)C(C)C. The van der Waals surface area contributed by atoms with Crippen LogP contribution in [0.25, 0.3) is 0 Å². The van der Waals surface area contributed by atoms with Gasteiger partial charge in [0.1, 0.15) is 0 Å². The van der Waals surface area contributed by atoms with E-state index in [2.05, 4.69) is 48.5 Å². The van der Waals surface area contributed by atoms with Gasteiger partial charge in [0, 0.05) is 0 Å². The summed E-state index contributed by atoms with van der Waals surface area (Å²) in [6.07, 6.45) is 0. The van der Waals surface area contributed by atoms with E-state index < -0.39 is 8.07 Å². The molecule has 0 saturated heterocycles. The fraction of sp³-hybridized carbons (Fsp3) is 1.00. The molecule has 12 heavy (non-hydrogen) atoms. The van der Waals surface area contributed by atoms with E-state index in [0.717, 1.165) is 16.6 Å². The molecule has 0 aliphatic rings. The second kappa shape index (κ2) is 4.45. The quantitative estimate of drug-likeness (QED) is 0.559. The van der Waals surface area contributed by atoms with Crippen LogP contribution in [0.15, 0.2) is 0 Å². The largest absolute Gasteiger partial charge is 0.0677 e. The molecule has 0 aromatic heterocycles. The van der Waals surface area contributed by atoms with E-state index in [4.69, 9.17) is 0 Å². The number of hydrogen-bond donors (Lipinski definition) is 0. The summed E-state index contributed by atoms with van der Waals surface area (Å²) in [6, 6.07) is 1.44. The second-order valence-electron chi connectivity index (χ2n) is 4.93. The van der Waals surface area contributed by atoms with Gasteiger partial charge in [0.2, 0.25) is 0 Å². The Morgan fingerprint density at radius 1 is 0.750 bits per heavy atom. The standard InChI is InChI=1S/C11H26Si/c1-8-12(9(2)3,10(4)5)11(6)7/h9-11H,8H2,1-7H3. The molecule has 0 spiro atoms. The van der Waals surface area contributed by atoms with Gasteiger partial charge < -0.3 is 0 Å². The molecular formula is C11H26Si. The van der Waals surface area contributed by atoms with Gasteiger partial charge >= 0.3 is 0 Å². The van der Waals surface area contributed by atoms with Crippen molar-refractivity contribution in [3.8, 4) is 0 Å². The molecule has 0 amide bonds. The minimum absolute atomic E-state index is 0.933. The van der Waals surface area contributed by atoms with E-state index in [1.807, 2.05) is 0 Å². The van der Waals surface area contributed by atoms with Gasteiger partial charge in [0.05, 0.1) is 8.07 Å². The van der Waals surface area contributed by atoms with Gasteiger partial charge in [-0.1, -0.05) is 71.1 Å². The molecule has 0 saturated carbocycles. The van der Waals surface area contributed by atoms with Crippen molar-refractivity contribution in [2.75, 3.05) is 0 Å². The molecule has 0 aromatic rings. The summed E-state index contributed by atoms with van der Waals surface area (Å²) in [5.74, 6) is 0. The van der Waals surface area contributed by atoms with Crippen LogP contribution in [0.4, 0.5) is 0 Å². The van der Waals surface area contributed by atoms with Gasteiger partial charge in [-0.2, -0.15) is 0 Å². The average molecular weight is 186 g/mol. The smallest absolute Gasteiger partial charge is 0.0610 e. The highest BCUT2D eigenvalue weighted by Crippen LogP contribution is 2.43. The molecule has 0 heterocycles. The topological polar surface area (TPSA) is 0 Å². The van der Waals surface area contributed by atoms with Crippen molar-refractivity contribution in [1.82, 2.24) is 0 Å². The van der Waals surface area contributed by atoms with E-state index in [1.165, 1.54) is 6.04 Å².